The largest absolute Gasteiger partial charge is 0.298 e. The predicted molar refractivity (Wildman–Crippen MR) is 68.1 cm³/mol. The Balaban J connectivity index is 2.97. The molecule has 0 aromatic carbocycles. The summed E-state index contributed by atoms with van der Waals surface area (Å²) in [5.74, 6) is 0. The van der Waals surface area contributed by atoms with E-state index in [1.807, 2.05) is 32.9 Å². The van der Waals surface area contributed by atoms with Gasteiger partial charge in [-0.25, -0.2) is 0 Å². The van der Waals surface area contributed by atoms with Gasteiger partial charge in [-0.3, -0.25) is 9.59 Å². The number of hydrogen-bond acceptors (Lipinski definition) is 2. The van der Waals surface area contributed by atoms with E-state index in [0.29, 0.717) is 11.1 Å². The fourth-order valence-electron chi connectivity index (χ4n) is 2.51. The van der Waals surface area contributed by atoms with Crippen LogP contribution in [0.2, 0.25) is 0 Å². The van der Waals surface area contributed by atoms with Gasteiger partial charge in [0.2, 0.25) is 0 Å². The lowest BCUT2D eigenvalue weighted by Crippen LogP contribution is -1.85. The van der Waals surface area contributed by atoms with Crippen LogP contribution in [0.3, 0.4) is 0 Å². The van der Waals surface area contributed by atoms with E-state index in [9.17, 15) is 9.59 Å². The van der Waals surface area contributed by atoms with E-state index in [-0.39, 0.29) is 0 Å². The van der Waals surface area contributed by atoms with E-state index >= 15 is 0 Å². The first-order valence-corrected chi connectivity index (χ1v) is 5.53. The zero-order valence-corrected chi connectivity index (χ0v) is 10.2. The SMILES string of the molecule is Cc1cc(C)c2c(C=O)cc(C=O)c-2c(C)c1. The maximum Gasteiger partial charge on any atom is 0.150 e. The molecule has 2 aliphatic rings. The Labute approximate surface area is 101 Å². The highest BCUT2D eigenvalue weighted by atomic mass is 16.1. The molecule has 0 fully saturated rings. The summed E-state index contributed by atoms with van der Waals surface area (Å²) >= 11 is 0. The Bertz CT molecular complexity index is 534. The van der Waals surface area contributed by atoms with Gasteiger partial charge in [-0.1, -0.05) is 17.7 Å². The smallest absolute Gasteiger partial charge is 0.150 e. The molecule has 2 rings (SSSR count). The molecule has 0 N–H and O–H groups in total. The number of aryl methyl sites for hydroxylation is 3. The Morgan fingerprint density at radius 1 is 0.765 bits per heavy atom. The summed E-state index contributed by atoms with van der Waals surface area (Å²) in [6.45, 7) is 5.95. The van der Waals surface area contributed by atoms with Gasteiger partial charge >= 0.3 is 0 Å². The maximum absolute atomic E-state index is 11.1. The van der Waals surface area contributed by atoms with Crippen molar-refractivity contribution in [3.63, 3.8) is 0 Å². The Kier molecular flexibility index (Phi) is 2.80. The normalized spacial score (nSPS) is 10.5. The molecule has 17 heavy (non-hydrogen) atoms. The van der Waals surface area contributed by atoms with Crippen molar-refractivity contribution in [3.8, 4) is 11.1 Å². The number of carbonyl (C=O) groups is 2. The molecule has 0 aromatic heterocycles. The molecule has 86 valence electrons. The first-order chi connectivity index (χ1) is 8.08. The van der Waals surface area contributed by atoms with Gasteiger partial charge in [0.1, 0.15) is 0 Å². The van der Waals surface area contributed by atoms with Crippen LogP contribution in [0.1, 0.15) is 37.4 Å². The summed E-state index contributed by atoms with van der Waals surface area (Å²) in [5.41, 5.74) is 6.17. The third-order valence-corrected chi connectivity index (χ3v) is 3.07. The number of aldehydes is 2. The molecule has 0 heterocycles. The highest BCUT2D eigenvalue weighted by molar-refractivity contribution is 6.01. The summed E-state index contributed by atoms with van der Waals surface area (Å²) in [6.07, 6.45) is 1.63. The molecule has 0 aromatic rings. The molecule has 0 aliphatic heterocycles. The quantitative estimate of drug-likeness (QED) is 0.736. The molecule has 2 nitrogen and oxygen atoms in total. The maximum atomic E-state index is 11.1. The van der Waals surface area contributed by atoms with Crippen molar-refractivity contribution in [2.24, 2.45) is 0 Å². The van der Waals surface area contributed by atoms with E-state index in [4.69, 9.17) is 0 Å². The van der Waals surface area contributed by atoms with Crippen molar-refractivity contribution < 1.29 is 9.59 Å². The van der Waals surface area contributed by atoms with Gasteiger partial charge < -0.3 is 0 Å². The second kappa shape index (κ2) is 4.13. The molecule has 0 bridgehead atoms. The standard InChI is InChI=1S/C15H14O2/c1-9-4-10(2)14-12(7-16)6-13(8-17)15(14)11(3)5-9/h4-8H,1-3H3. The first kappa shape index (κ1) is 11.5. The van der Waals surface area contributed by atoms with Crippen LogP contribution < -0.4 is 0 Å². The fraction of sp³-hybridized carbons (Fsp3) is 0.200. The van der Waals surface area contributed by atoms with Crippen LogP contribution in [0.25, 0.3) is 11.1 Å². The van der Waals surface area contributed by atoms with Crippen LogP contribution in [0, 0.1) is 20.8 Å². The Morgan fingerprint density at radius 3 is 1.53 bits per heavy atom. The van der Waals surface area contributed by atoms with E-state index in [2.05, 4.69) is 0 Å². The minimum atomic E-state index is 0.596. The molecule has 0 amide bonds. The average Bonchev–Trinajstić information content (AvgIpc) is 2.61. The van der Waals surface area contributed by atoms with E-state index in [1.54, 1.807) is 6.07 Å². The third kappa shape index (κ3) is 1.76. The molecule has 0 radical (unpaired) electrons. The van der Waals surface area contributed by atoms with Crippen LogP contribution in [-0.2, 0) is 0 Å². The minimum absolute atomic E-state index is 0.596. The summed E-state index contributed by atoms with van der Waals surface area (Å²) in [6, 6.07) is 5.74. The lowest BCUT2D eigenvalue weighted by Gasteiger charge is -2.02. The molecule has 0 spiro atoms. The van der Waals surface area contributed by atoms with Crippen LogP contribution in [0.5, 0.6) is 0 Å². The molecule has 0 unspecified atom stereocenters. The molecule has 2 heteroatoms. The van der Waals surface area contributed by atoms with Crippen LogP contribution in [0.15, 0.2) is 18.2 Å². The van der Waals surface area contributed by atoms with Gasteiger partial charge in [0.25, 0.3) is 0 Å². The predicted octanol–water partition coefficient (Wildman–Crippen LogP) is 3.34. The van der Waals surface area contributed by atoms with Crippen molar-refractivity contribution in [3.05, 3.63) is 46.0 Å². The molecule has 2 aliphatic carbocycles. The number of fused-ring (bicyclic) bond motifs is 1. The zero-order chi connectivity index (χ0) is 12.6. The number of carbonyl (C=O) groups excluding carboxylic acids is 2. The molecular formula is C15H14O2. The van der Waals surface area contributed by atoms with Crippen LogP contribution >= 0.6 is 0 Å². The molecular weight excluding hydrogens is 212 g/mol. The summed E-state index contributed by atoms with van der Waals surface area (Å²) in [7, 11) is 0. The number of rotatable bonds is 2. The van der Waals surface area contributed by atoms with Gasteiger partial charge in [-0.05, 0) is 49.1 Å². The van der Waals surface area contributed by atoms with Crippen LogP contribution in [0.4, 0.5) is 0 Å². The number of hydrogen-bond donors (Lipinski definition) is 0. The summed E-state index contributed by atoms with van der Waals surface area (Å²) < 4.78 is 0. The third-order valence-electron chi connectivity index (χ3n) is 3.07. The van der Waals surface area contributed by atoms with Gasteiger partial charge in [-0.15, -0.1) is 0 Å². The van der Waals surface area contributed by atoms with Crippen molar-refractivity contribution in [1.82, 2.24) is 0 Å². The average molecular weight is 226 g/mol. The molecule has 0 atom stereocenters. The monoisotopic (exact) mass is 226 g/mol. The Morgan fingerprint density at radius 2 is 1.18 bits per heavy atom. The highest BCUT2D eigenvalue weighted by Gasteiger charge is 2.18. The Hall–Kier alpha value is -1.96. The second-order valence-corrected chi connectivity index (χ2v) is 4.44. The van der Waals surface area contributed by atoms with Gasteiger partial charge in [0.05, 0.1) is 0 Å². The van der Waals surface area contributed by atoms with Crippen LogP contribution in [-0.4, -0.2) is 12.6 Å². The molecule has 0 saturated carbocycles. The van der Waals surface area contributed by atoms with E-state index in [0.717, 1.165) is 40.4 Å². The summed E-state index contributed by atoms with van der Waals surface area (Å²) in [4.78, 5) is 22.2. The molecule has 0 saturated heterocycles. The lowest BCUT2D eigenvalue weighted by molar-refractivity contribution is 0.112. The van der Waals surface area contributed by atoms with Crippen molar-refractivity contribution >= 4 is 12.6 Å². The fourth-order valence-corrected chi connectivity index (χ4v) is 2.51. The minimum Gasteiger partial charge on any atom is -0.298 e. The van der Waals surface area contributed by atoms with Gasteiger partial charge in [-0.2, -0.15) is 0 Å². The highest BCUT2D eigenvalue weighted by Crippen LogP contribution is 2.35. The van der Waals surface area contributed by atoms with Crippen molar-refractivity contribution in [2.75, 3.05) is 0 Å². The van der Waals surface area contributed by atoms with Gasteiger partial charge in [0.15, 0.2) is 12.6 Å². The first-order valence-electron chi connectivity index (χ1n) is 5.53. The van der Waals surface area contributed by atoms with E-state index in [1.165, 1.54) is 0 Å². The van der Waals surface area contributed by atoms with Crippen molar-refractivity contribution in [2.45, 2.75) is 20.8 Å². The van der Waals surface area contributed by atoms with E-state index < -0.39 is 0 Å². The zero-order valence-electron chi connectivity index (χ0n) is 10.2. The van der Waals surface area contributed by atoms with Gasteiger partial charge in [0, 0.05) is 11.1 Å². The second-order valence-electron chi connectivity index (χ2n) is 4.44. The lowest BCUT2D eigenvalue weighted by atomic mass is 10.0. The topological polar surface area (TPSA) is 34.1 Å². The van der Waals surface area contributed by atoms with Crippen molar-refractivity contribution in [1.29, 1.82) is 0 Å². The summed E-state index contributed by atoms with van der Waals surface area (Å²) in [5, 5.41) is 0.